The average Bonchev–Trinajstić information content (AvgIpc) is 2.88. The van der Waals surface area contributed by atoms with E-state index in [0.29, 0.717) is 11.4 Å². The second kappa shape index (κ2) is 5.67. The summed E-state index contributed by atoms with van der Waals surface area (Å²) >= 11 is 0. The van der Waals surface area contributed by atoms with Crippen molar-refractivity contribution in [3.63, 3.8) is 0 Å². The van der Waals surface area contributed by atoms with Crippen LogP contribution in [0.1, 0.15) is 5.82 Å². The Morgan fingerprint density at radius 2 is 1.65 bits per heavy atom. The number of alkyl halides is 5. The van der Waals surface area contributed by atoms with Gasteiger partial charge < -0.3 is 9.64 Å². The van der Waals surface area contributed by atoms with Crippen LogP contribution in [0.25, 0.3) is 0 Å². The van der Waals surface area contributed by atoms with E-state index < -0.39 is 17.9 Å². The smallest absolute Gasteiger partial charge is 0.461 e. The fourth-order valence-corrected chi connectivity index (χ4v) is 1.85. The molecule has 126 valence electrons. The van der Waals surface area contributed by atoms with Crippen molar-refractivity contribution in [2.45, 2.75) is 12.1 Å². The molecule has 0 amide bonds. The summed E-state index contributed by atoms with van der Waals surface area (Å²) in [6, 6.07) is 6.45. The zero-order valence-electron chi connectivity index (χ0n) is 12.4. The number of halogens is 5. The number of rotatable bonds is 4. The van der Waals surface area contributed by atoms with Gasteiger partial charge in [-0.25, -0.2) is 4.68 Å². The van der Waals surface area contributed by atoms with Crippen LogP contribution in [0, 0.1) is 0 Å². The minimum atomic E-state index is -5.76. The second-order valence-electron chi connectivity index (χ2n) is 4.69. The van der Waals surface area contributed by atoms with Gasteiger partial charge in [0.15, 0.2) is 0 Å². The molecule has 0 aliphatic carbocycles. The van der Waals surface area contributed by atoms with E-state index >= 15 is 0 Å². The topological polar surface area (TPSA) is 43.2 Å². The van der Waals surface area contributed by atoms with Crippen LogP contribution in [-0.4, -0.2) is 35.1 Å². The SMILES string of the molecule is COc1ccc(N(C)c2nc(C(F)(F)C(F)(F)F)nn2C)cc1. The van der Waals surface area contributed by atoms with Gasteiger partial charge in [0.1, 0.15) is 5.75 Å². The fraction of sp³-hybridized carbons (Fsp3) is 0.385. The maximum Gasteiger partial charge on any atom is 0.461 e. The maximum atomic E-state index is 13.3. The van der Waals surface area contributed by atoms with Crippen molar-refractivity contribution in [3.8, 4) is 5.75 Å². The molecule has 5 nitrogen and oxygen atoms in total. The lowest BCUT2D eigenvalue weighted by molar-refractivity contribution is -0.292. The van der Waals surface area contributed by atoms with E-state index in [0.717, 1.165) is 4.68 Å². The zero-order valence-corrected chi connectivity index (χ0v) is 12.4. The Kier molecular flexibility index (Phi) is 4.18. The predicted molar refractivity (Wildman–Crippen MR) is 72.0 cm³/mol. The van der Waals surface area contributed by atoms with Crippen molar-refractivity contribution in [1.29, 1.82) is 0 Å². The first kappa shape index (κ1) is 17.0. The first-order valence-corrected chi connectivity index (χ1v) is 6.31. The van der Waals surface area contributed by atoms with Gasteiger partial charge in [-0.05, 0) is 24.3 Å². The molecular weight excluding hydrogens is 323 g/mol. The molecule has 0 aliphatic heterocycles. The highest BCUT2D eigenvalue weighted by Crippen LogP contribution is 2.43. The van der Waals surface area contributed by atoms with Gasteiger partial charge in [0.05, 0.1) is 7.11 Å². The standard InChI is InChI=1S/C13H13F5N4O/c1-21(8-4-6-9(23-3)7-5-8)11-19-10(20-22(11)2)12(14,15)13(16,17)18/h4-7H,1-3H3. The average molecular weight is 336 g/mol. The number of hydrogen-bond acceptors (Lipinski definition) is 4. The fourth-order valence-electron chi connectivity index (χ4n) is 1.85. The summed E-state index contributed by atoms with van der Waals surface area (Å²) in [5, 5.41) is 3.20. The highest BCUT2D eigenvalue weighted by atomic mass is 19.4. The van der Waals surface area contributed by atoms with E-state index in [2.05, 4.69) is 10.1 Å². The lowest BCUT2D eigenvalue weighted by Gasteiger charge is -2.18. The lowest BCUT2D eigenvalue weighted by Crippen LogP contribution is -2.35. The summed E-state index contributed by atoms with van der Waals surface area (Å²) in [7, 11) is 4.19. The molecule has 10 heteroatoms. The molecule has 0 atom stereocenters. The maximum absolute atomic E-state index is 13.3. The molecule has 0 N–H and O–H groups in total. The Morgan fingerprint density at radius 3 is 2.13 bits per heavy atom. The predicted octanol–water partition coefficient (Wildman–Crippen LogP) is 3.25. The number of anilines is 2. The molecule has 2 rings (SSSR count). The Balaban J connectivity index is 2.37. The summed E-state index contributed by atoms with van der Waals surface area (Å²) in [6.07, 6.45) is -5.76. The minimum absolute atomic E-state index is 0.158. The zero-order chi connectivity index (χ0) is 17.4. The Hall–Kier alpha value is -2.39. The molecule has 1 aromatic heterocycles. The van der Waals surface area contributed by atoms with Crippen molar-refractivity contribution in [2.24, 2.45) is 7.05 Å². The quantitative estimate of drug-likeness (QED) is 0.804. The minimum Gasteiger partial charge on any atom is -0.497 e. The molecule has 0 saturated heterocycles. The summed E-state index contributed by atoms with van der Waals surface area (Å²) in [4.78, 5) is 4.68. The molecule has 23 heavy (non-hydrogen) atoms. The highest BCUT2D eigenvalue weighted by Gasteiger charge is 2.62. The third kappa shape index (κ3) is 3.06. The monoisotopic (exact) mass is 336 g/mol. The van der Waals surface area contributed by atoms with Crippen LogP contribution in [0.2, 0.25) is 0 Å². The number of methoxy groups -OCH3 is 1. The van der Waals surface area contributed by atoms with E-state index in [1.54, 1.807) is 24.3 Å². The van der Waals surface area contributed by atoms with Gasteiger partial charge in [-0.3, -0.25) is 0 Å². The first-order valence-electron chi connectivity index (χ1n) is 6.31. The first-order chi connectivity index (χ1) is 10.6. The molecule has 0 unspecified atom stereocenters. The molecule has 1 aromatic carbocycles. The van der Waals surface area contributed by atoms with Crippen LogP contribution >= 0.6 is 0 Å². The van der Waals surface area contributed by atoms with Gasteiger partial charge in [0, 0.05) is 19.8 Å². The number of nitrogens with zero attached hydrogens (tertiary/aromatic N) is 4. The van der Waals surface area contributed by atoms with Crippen LogP contribution in [0.15, 0.2) is 24.3 Å². The summed E-state index contributed by atoms with van der Waals surface area (Å²) < 4.78 is 69.7. The molecule has 2 aromatic rings. The van der Waals surface area contributed by atoms with Crippen LogP contribution < -0.4 is 9.64 Å². The van der Waals surface area contributed by atoms with Gasteiger partial charge in [-0.1, -0.05) is 0 Å². The highest BCUT2D eigenvalue weighted by molar-refractivity contribution is 5.57. The molecule has 0 aliphatic rings. The number of aryl methyl sites for hydroxylation is 1. The van der Waals surface area contributed by atoms with Crippen LogP contribution in [0.3, 0.4) is 0 Å². The normalized spacial score (nSPS) is 12.3. The molecular formula is C13H13F5N4O. The van der Waals surface area contributed by atoms with Crippen molar-refractivity contribution < 1.29 is 26.7 Å². The molecule has 0 fully saturated rings. The third-order valence-corrected chi connectivity index (χ3v) is 3.14. The number of hydrogen-bond donors (Lipinski definition) is 0. The van der Waals surface area contributed by atoms with E-state index in [1.807, 2.05) is 0 Å². The number of ether oxygens (including phenoxy) is 1. The van der Waals surface area contributed by atoms with Crippen molar-refractivity contribution in [1.82, 2.24) is 14.8 Å². The largest absolute Gasteiger partial charge is 0.497 e. The van der Waals surface area contributed by atoms with E-state index in [4.69, 9.17) is 4.74 Å². The van der Waals surface area contributed by atoms with E-state index in [1.165, 1.54) is 26.1 Å². The van der Waals surface area contributed by atoms with Crippen LogP contribution in [0.4, 0.5) is 33.6 Å². The van der Waals surface area contributed by atoms with E-state index in [9.17, 15) is 22.0 Å². The van der Waals surface area contributed by atoms with Gasteiger partial charge in [0.2, 0.25) is 11.8 Å². The van der Waals surface area contributed by atoms with Crippen molar-refractivity contribution in [3.05, 3.63) is 30.1 Å². The molecule has 0 spiro atoms. The van der Waals surface area contributed by atoms with Crippen molar-refractivity contribution in [2.75, 3.05) is 19.1 Å². The lowest BCUT2D eigenvalue weighted by atomic mass is 10.3. The Bertz CT molecular complexity index is 681. The summed E-state index contributed by atoms with van der Waals surface area (Å²) in [5.41, 5.74) is 0.517. The molecule has 0 saturated carbocycles. The Morgan fingerprint density at radius 1 is 1.09 bits per heavy atom. The molecule has 0 radical (unpaired) electrons. The third-order valence-electron chi connectivity index (χ3n) is 3.14. The van der Waals surface area contributed by atoms with Gasteiger partial charge >= 0.3 is 12.1 Å². The van der Waals surface area contributed by atoms with E-state index in [-0.39, 0.29) is 5.95 Å². The van der Waals surface area contributed by atoms with Crippen LogP contribution in [-0.2, 0) is 13.0 Å². The summed E-state index contributed by atoms with van der Waals surface area (Å²) in [5.74, 6) is -6.30. The van der Waals surface area contributed by atoms with Gasteiger partial charge in [-0.2, -0.15) is 26.9 Å². The molecule has 1 heterocycles. The van der Waals surface area contributed by atoms with Crippen LogP contribution in [0.5, 0.6) is 5.75 Å². The number of aromatic nitrogens is 3. The number of benzene rings is 1. The second-order valence-corrected chi connectivity index (χ2v) is 4.69. The van der Waals surface area contributed by atoms with Gasteiger partial charge in [-0.15, -0.1) is 5.10 Å². The van der Waals surface area contributed by atoms with Crippen molar-refractivity contribution >= 4 is 11.6 Å². The summed E-state index contributed by atoms with van der Waals surface area (Å²) in [6.45, 7) is 0. The van der Waals surface area contributed by atoms with Gasteiger partial charge in [0.25, 0.3) is 0 Å². The Labute approximate surface area is 128 Å². The molecule has 0 bridgehead atoms.